The molecular weight excluding hydrogens is 565 g/mol. The van der Waals surface area contributed by atoms with Crippen LogP contribution in [0, 0.1) is 5.92 Å². The van der Waals surface area contributed by atoms with Crippen molar-refractivity contribution in [3.05, 3.63) is 42.4 Å². The maximum atomic E-state index is 13.0. The monoisotopic (exact) mass is 607 g/mol. The molecule has 2 N–H and O–H groups in total. The highest BCUT2D eigenvalue weighted by Crippen LogP contribution is 2.37. The summed E-state index contributed by atoms with van der Waals surface area (Å²) in [5.74, 6) is 2.69. The number of nitrogens with one attached hydrogen (secondary N) is 2. The third kappa shape index (κ3) is 6.62. The number of carbonyl (C=O) groups excluding carboxylic acids is 1. The molecule has 3 aromatic heterocycles. The van der Waals surface area contributed by atoms with Crippen LogP contribution >= 0.6 is 0 Å². The minimum Gasteiger partial charge on any atom is -0.491 e. The standard InChI is InChI=1S/C31H42FN9O3/c1-8-21(15-24(33-5)35-29(42)19-9-10-19)44-22-17-34-28-26(27(22)43-7)39(6)30(37-28)36-25-16-23(31(2,3)4)41(38-25)20-11-13-40(18-20)14-12-32/h8,15-17,19-20H,1,9-14,18H2,2-7H3,(H,33,35,42)(H,34,36,37,38)/b21-15+/t20-/m0/s1. The zero-order valence-corrected chi connectivity index (χ0v) is 26.4. The number of fused-ring (bicyclic) bond motifs is 1. The average molecular weight is 608 g/mol. The highest BCUT2D eigenvalue weighted by atomic mass is 19.1. The van der Waals surface area contributed by atoms with Crippen LogP contribution in [0.5, 0.6) is 11.5 Å². The van der Waals surface area contributed by atoms with Gasteiger partial charge in [-0.05, 0) is 25.3 Å². The van der Waals surface area contributed by atoms with Crippen molar-refractivity contribution in [2.45, 2.75) is 51.5 Å². The topological polar surface area (TPSA) is 124 Å². The minimum atomic E-state index is -0.348. The largest absolute Gasteiger partial charge is 0.491 e. The van der Waals surface area contributed by atoms with E-state index < -0.39 is 0 Å². The van der Waals surface area contributed by atoms with Gasteiger partial charge in [0, 0.05) is 62.9 Å². The van der Waals surface area contributed by atoms with Crippen molar-refractivity contribution in [1.82, 2.24) is 34.5 Å². The van der Waals surface area contributed by atoms with E-state index in [-0.39, 0.29) is 30.0 Å². The Morgan fingerprint density at radius 2 is 2.07 bits per heavy atom. The summed E-state index contributed by atoms with van der Waals surface area (Å²) in [6.45, 7) is 12.0. The van der Waals surface area contributed by atoms with Crippen LogP contribution in [0.25, 0.3) is 11.2 Å². The Hall–Kier alpha value is -4.26. The number of halogens is 1. The number of aromatic nitrogens is 5. The number of rotatable bonds is 11. The Kier molecular flexibility index (Phi) is 9.05. The number of ether oxygens (including phenoxy) is 2. The van der Waals surface area contributed by atoms with Crippen molar-refractivity contribution in [2.75, 3.05) is 45.8 Å². The second-order valence-electron chi connectivity index (χ2n) is 12.2. The number of anilines is 2. The molecule has 1 saturated carbocycles. The summed E-state index contributed by atoms with van der Waals surface area (Å²) < 4.78 is 28.8. The van der Waals surface area contributed by atoms with E-state index in [1.54, 1.807) is 20.2 Å². The summed E-state index contributed by atoms with van der Waals surface area (Å²) in [4.78, 5) is 27.8. The van der Waals surface area contributed by atoms with Crippen LogP contribution in [0.1, 0.15) is 51.8 Å². The lowest BCUT2D eigenvalue weighted by atomic mass is 9.91. The molecule has 2 aliphatic rings. The molecule has 236 valence electrons. The predicted molar refractivity (Wildman–Crippen MR) is 168 cm³/mol. The van der Waals surface area contributed by atoms with Gasteiger partial charge < -0.3 is 24.7 Å². The van der Waals surface area contributed by atoms with Crippen LogP contribution in [0.15, 0.2) is 41.7 Å². The summed E-state index contributed by atoms with van der Waals surface area (Å²) in [5.41, 5.74) is 2.02. The van der Waals surface area contributed by atoms with E-state index in [1.165, 1.54) is 12.3 Å². The Morgan fingerprint density at radius 1 is 1.30 bits per heavy atom. The number of likely N-dealkylation sites (tertiary alicyclic amines) is 1. The van der Waals surface area contributed by atoms with E-state index in [0.717, 1.165) is 38.0 Å². The summed E-state index contributed by atoms with van der Waals surface area (Å²) in [5, 5.41) is 11.1. The van der Waals surface area contributed by atoms with Crippen LogP contribution in [0.4, 0.5) is 16.2 Å². The average Bonchev–Trinajstić information content (AvgIpc) is 3.46. The van der Waals surface area contributed by atoms with Gasteiger partial charge in [0.15, 0.2) is 23.0 Å². The fraction of sp³-hybridized carbons (Fsp3) is 0.516. The van der Waals surface area contributed by atoms with Gasteiger partial charge in [-0.15, -0.1) is 0 Å². The minimum absolute atomic E-state index is 0.0434. The van der Waals surface area contributed by atoms with E-state index in [9.17, 15) is 9.18 Å². The number of amides is 1. The normalized spacial score (nSPS) is 18.1. The third-order valence-electron chi connectivity index (χ3n) is 7.91. The van der Waals surface area contributed by atoms with Crippen LogP contribution in [-0.2, 0) is 17.3 Å². The number of alkyl halides is 1. The third-order valence-corrected chi connectivity index (χ3v) is 7.91. The number of hydrogen-bond acceptors (Lipinski definition) is 9. The lowest BCUT2D eigenvalue weighted by Gasteiger charge is -2.23. The first kappa shape index (κ1) is 31.2. The van der Waals surface area contributed by atoms with Crippen molar-refractivity contribution in [2.24, 2.45) is 18.0 Å². The molecule has 3 aromatic rings. The number of carbonyl (C=O) groups is 1. The highest BCUT2D eigenvalue weighted by Gasteiger charge is 2.31. The van der Waals surface area contributed by atoms with Gasteiger partial charge in [-0.2, -0.15) is 10.1 Å². The molecule has 1 saturated heterocycles. The molecule has 1 aliphatic carbocycles. The Bertz CT molecular complexity index is 1600. The van der Waals surface area contributed by atoms with Gasteiger partial charge in [0.2, 0.25) is 11.9 Å². The summed E-state index contributed by atoms with van der Waals surface area (Å²) in [6.07, 6.45) is 7.37. The van der Waals surface area contributed by atoms with Crippen molar-refractivity contribution in [3.8, 4) is 11.5 Å². The van der Waals surface area contributed by atoms with Crippen molar-refractivity contribution in [1.29, 1.82) is 0 Å². The van der Waals surface area contributed by atoms with Crippen LogP contribution < -0.4 is 20.1 Å². The number of allylic oxidation sites excluding steroid dienone is 1. The van der Waals surface area contributed by atoms with Gasteiger partial charge in [0.05, 0.1) is 19.3 Å². The van der Waals surface area contributed by atoms with Gasteiger partial charge in [-0.1, -0.05) is 27.4 Å². The zero-order valence-electron chi connectivity index (χ0n) is 26.4. The van der Waals surface area contributed by atoms with E-state index >= 15 is 0 Å². The summed E-state index contributed by atoms with van der Waals surface area (Å²) in [6, 6.07) is 2.22. The van der Waals surface area contributed by atoms with Crippen LogP contribution in [0.2, 0.25) is 0 Å². The van der Waals surface area contributed by atoms with Crippen molar-refractivity contribution >= 4 is 34.7 Å². The SMILES string of the molecule is C=C/C(=C\C(=NC)NC(=O)C1CC1)Oc1cnc2nc(Nc3cc(C(C)(C)C)n([C@H]4CCN(CCF)C4)n3)n(C)c2c1OC. The summed E-state index contributed by atoms with van der Waals surface area (Å²) >= 11 is 0. The quantitative estimate of drug-likeness (QED) is 0.142. The van der Waals surface area contributed by atoms with Crippen LogP contribution in [-0.4, -0.2) is 81.4 Å². The zero-order chi connectivity index (χ0) is 31.6. The first-order valence-electron chi connectivity index (χ1n) is 14.9. The number of nitrogens with zero attached hydrogens (tertiary/aromatic N) is 7. The lowest BCUT2D eigenvalue weighted by Crippen LogP contribution is -2.30. The molecule has 0 aromatic carbocycles. The number of aryl methyl sites for hydroxylation is 1. The molecule has 0 radical (unpaired) electrons. The molecule has 13 heteroatoms. The molecule has 0 bridgehead atoms. The number of methoxy groups -OCH3 is 1. The van der Waals surface area contributed by atoms with E-state index in [1.807, 2.05) is 17.7 Å². The molecule has 0 spiro atoms. The van der Waals surface area contributed by atoms with Gasteiger partial charge in [0.25, 0.3) is 0 Å². The van der Waals surface area contributed by atoms with Crippen molar-refractivity contribution in [3.63, 3.8) is 0 Å². The molecule has 1 aliphatic heterocycles. The molecule has 1 amide bonds. The molecule has 5 rings (SSSR count). The number of hydrogen-bond donors (Lipinski definition) is 2. The molecular formula is C31H42FN9O3. The van der Waals surface area contributed by atoms with Gasteiger partial charge in [0.1, 0.15) is 23.8 Å². The van der Waals surface area contributed by atoms with Gasteiger partial charge in [-0.3, -0.25) is 19.4 Å². The Morgan fingerprint density at radius 3 is 2.70 bits per heavy atom. The Labute approximate surface area is 257 Å². The first-order chi connectivity index (χ1) is 21.1. The fourth-order valence-corrected chi connectivity index (χ4v) is 5.37. The van der Waals surface area contributed by atoms with Crippen LogP contribution in [0.3, 0.4) is 0 Å². The number of amidine groups is 1. The van der Waals surface area contributed by atoms with Gasteiger partial charge in [-0.25, -0.2) is 9.37 Å². The molecule has 12 nitrogen and oxygen atoms in total. The molecule has 44 heavy (non-hydrogen) atoms. The number of pyridine rings is 1. The molecule has 2 fully saturated rings. The maximum Gasteiger partial charge on any atom is 0.228 e. The second kappa shape index (κ2) is 12.8. The Balaban J connectivity index is 1.42. The lowest BCUT2D eigenvalue weighted by molar-refractivity contribution is -0.120. The first-order valence-corrected chi connectivity index (χ1v) is 14.9. The smallest absolute Gasteiger partial charge is 0.228 e. The predicted octanol–water partition coefficient (Wildman–Crippen LogP) is 4.43. The summed E-state index contributed by atoms with van der Waals surface area (Å²) in [7, 11) is 5.01. The van der Waals surface area contributed by atoms with E-state index in [4.69, 9.17) is 19.6 Å². The highest BCUT2D eigenvalue weighted by molar-refractivity contribution is 6.05. The molecule has 0 unspecified atom stereocenters. The second-order valence-corrected chi connectivity index (χ2v) is 12.2. The fourth-order valence-electron chi connectivity index (χ4n) is 5.37. The molecule has 1 atom stereocenters. The number of imidazole rings is 1. The van der Waals surface area contributed by atoms with Gasteiger partial charge >= 0.3 is 0 Å². The maximum absolute atomic E-state index is 13.0. The van der Waals surface area contributed by atoms with Crippen molar-refractivity contribution < 1.29 is 18.7 Å². The van der Waals surface area contributed by atoms with E-state index in [2.05, 4.69) is 57.5 Å². The molecule has 4 heterocycles. The number of aliphatic imine (C=N–C) groups is 1. The van der Waals surface area contributed by atoms with E-state index in [0.29, 0.717) is 52.6 Å².